The predicted octanol–water partition coefficient (Wildman–Crippen LogP) is 4.29. The van der Waals surface area contributed by atoms with E-state index in [1.165, 1.54) is 18.8 Å². The molecule has 2 rings (SSSR count). The van der Waals surface area contributed by atoms with Gasteiger partial charge >= 0.3 is 5.97 Å². The van der Waals surface area contributed by atoms with Crippen LogP contribution in [0.2, 0.25) is 0 Å². The average molecular weight is 327 g/mol. The Balaban J connectivity index is 2.25. The van der Waals surface area contributed by atoms with Crippen LogP contribution in [-0.2, 0) is 9.53 Å². The van der Waals surface area contributed by atoms with Gasteiger partial charge in [0.1, 0.15) is 0 Å². The number of nitrogens with one attached hydrogen (secondary N) is 1. The second-order valence-corrected chi connectivity index (χ2v) is 6.80. The lowest BCUT2D eigenvalue weighted by Gasteiger charge is -2.33. The summed E-state index contributed by atoms with van der Waals surface area (Å²) in [6.45, 7) is 8.26. The van der Waals surface area contributed by atoms with Gasteiger partial charge in [-0.3, -0.25) is 4.79 Å². The van der Waals surface area contributed by atoms with Gasteiger partial charge in [0, 0.05) is 23.6 Å². The fourth-order valence-corrected chi connectivity index (χ4v) is 3.03. The van der Waals surface area contributed by atoms with E-state index in [4.69, 9.17) is 0 Å². The van der Waals surface area contributed by atoms with Gasteiger partial charge in [0.05, 0.1) is 18.3 Å². The van der Waals surface area contributed by atoms with E-state index in [1.807, 2.05) is 13.0 Å². The number of anilines is 1. The minimum absolute atomic E-state index is 0.0717. The number of benzene rings is 1. The van der Waals surface area contributed by atoms with Crippen molar-refractivity contribution in [2.75, 3.05) is 12.4 Å². The Hall–Kier alpha value is -2.36. The van der Waals surface area contributed by atoms with E-state index < -0.39 is 5.97 Å². The molecular formula is C20H25NO3. The topological polar surface area (TPSA) is 55.4 Å². The molecule has 4 heteroatoms. The third-order valence-electron chi connectivity index (χ3n) is 4.03. The van der Waals surface area contributed by atoms with Crippen LogP contribution in [0, 0.1) is 6.92 Å². The lowest BCUT2D eigenvalue weighted by molar-refractivity contribution is -0.134. The summed E-state index contributed by atoms with van der Waals surface area (Å²) in [5.41, 5.74) is 4.77. The van der Waals surface area contributed by atoms with Gasteiger partial charge in [-0.15, -0.1) is 0 Å². The number of hydrogen-bond donors (Lipinski definition) is 1. The number of aryl methyl sites for hydroxylation is 1. The van der Waals surface area contributed by atoms with Crippen LogP contribution in [0.15, 0.2) is 30.4 Å². The monoisotopic (exact) mass is 327 g/mol. The van der Waals surface area contributed by atoms with Gasteiger partial charge < -0.3 is 10.1 Å². The van der Waals surface area contributed by atoms with Crippen molar-refractivity contribution >= 4 is 23.0 Å². The minimum Gasteiger partial charge on any atom is -0.466 e. The Morgan fingerprint density at radius 2 is 1.96 bits per heavy atom. The van der Waals surface area contributed by atoms with E-state index in [-0.39, 0.29) is 11.3 Å². The van der Waals surface area contributed by atoms with Gasteiger partial charge in [0.25, 0.3) is 0 Å². The van der Waals surface area contributed by atoms with Crippen LogP contribution in [0.4, 0.5) is 5.69 Å². The molecular weight excluding hydrogens is 302 g/mol. The second-order valence-electron chi connectivity index (χ2n) is 6.80. The summed E-state index contributed by atoms with van der Waals surface area (Å²) < 4.78 is 4.54. The molecule has 0 radical (unpaired) electrons. The average Bonchev–Trinajstić information content (AvgIpc) is 2.50. The maximum atomic E-state index is 12.7. The fraction of sp³-hybridized carbons (Fsp3) is 0.400. The van der Waals surface area contributed by atoms with Crippen LogP contribution in [0.3, 0.4) is 0 Å². The Bertz CT molecular complexity index is 727. The molecule has 1 N–H and O–H groups in total. The number of allylic oxidation sites excluding steroid dienone is 2. The van der Waals surface area contributed by atoms with Gasteiger partial charge in [0.15, 0.2) is 5.78 Å². The van der Waals surface area contributed by atoms with Crippen LogP contribution in [0.5, 0.6) is 0 Å². The van der Waals surface area contributed by atoms with E-state index in [1.54, 1.807) is 6.08 Å². The van der Waals surface area contributed by atoms with Crippen molar-refractivity contribution in [2.45, 2.75) is 46.1 Å². The molecule has 0 aliphatic carbocycles. The van der Waals surface area contributed by atoms with Crippen LogP contribution in [-0.4, -0.2) is 24.4 Å². The molecule has 0 aromatic heterocycles. The number of carbonyl (C=O) groups is 2. The summed E-state index contributed by atoms with van der Waals surface area (Å²) in [5, 5.41) is 3.47. The quantitative estimate of drug-likeness (QED) is 0.498. The highest BCUT2D eigenvalue weighted by Gasteiger charge is 2.26. The number of fused-ring (bicyclic) bond motifs is 1. The molecule has 0 atom stereocenters. The van der Waals surface area contributed by atoms with Crippen molar-refractivity contribution in [1.82, 2.24) is 0 Å². The molecule has 24 heavy (non-hydrogen) atoms. The summed E-state index contributed by atoms with van der Waals surface area (Å²) >= 11 is 0. The zero-order chi connectivity index (χ0) is 17.9. The molecule has 4 nitrogen and oxygen atoms in total. The van der Waals surface area contributed by atoms with Crippen molar-refractivity contribution in [3.05, 3.63) is 47.1 Å². The number of hydrogen-bond acceptors (Lipinski definition) is 4. The largest absolute Gasteiger partial charge is 0.466 e. The first-order valence-corrected chi connectivity index (χ1v) is 8.14. The van der Waals surface area contributed by atoms with E-state index in [0.29, 0.717) is 12.8 Å². The number of Topliss-reactive ketones (excluding diaryl/α,β-unsaturated/α-hetero) is 1. The lowest BCUT2D eigenvalue weighted by atomic mass is 9.87. The number of ether oxygens (including phenoxy) is 1. The van der Waals surface area contributed by atoms with E-state index in [9.17, 15) is 9.59 Å². The maximum absolute atomic E-state index is 12.7. The Morgan fingerprint density at radius 1 is 1.25 bits per heavy atom. The lowest BCUT2D eigenvalue weighted by Crippen LogP contribution is -2.32. The first-order chi connectivity index (χ1) is 11.2. The van der Waals surface area contributed by atoms with Crippen molar-refractivity contribution in [1.29, 1.82) is 0 Å². The van der Waals surface area contributed by atoms with E-state index in [0.717, 1.165) is 22.4 Å². The molecule has 0 fully saturated rings. The van der Waals surface area contributed by atoms with E-state index in [2.05, 4.69) is 43.0 Å². The summed E-state index contributed by atoms with van der Waals surface area (Å²) in [7, 11) is 1.33. The number of ketones is 1. The molecule has 1 aromatic carbocycles. The molecule has 1 aliphatic heterocycles. The molecule has 0 saturated heterocycles. The van der Waals surface area contributed by atoms with Crippen molar-refractivity contribution in [3.63, 3.8) is 0 Å². The molecule has 0 unspecified atom stereocenters. The highest BCUT2D eigenvalue weighted by Crippen LogP contribution is 2.37. The Morgan fingerprint density at radius 3 is 2.62 bits per heavy atom. The third kappa shape index (κ3) is 4.13. The Labute approximate surface area is 143 Å². The van der Waals surface area contributed by atoms with Crippen LogP contribution < -0.4 is 5.32 Å². The normalized spacial score (nSPS) is 15.5. The van der Waals surface area contributed by atoms with Crippen LogP contribution >= 0.6 is 0 Å². The van der Waals surface area contributed by atoms with Crippen LogP contribution in [0.25, 0.3) is 5.57 Å². The Kier molecular flexibility index (Phi) is 5.27. The zero-order valence-corrected chi connectivity index (χ0v) is 15.0. The molecule has 0 spiro atoms. The highest BCUT2D eigenvalue weighted by atomic mass is 16.5. The summed E-state index contributed by atoms with van der Waals surface area (Å²) in [5.74, 6) is -0.331. The third-order valence-corrected chi connectivity index (χ3v) is 4.03. The van der Waals surface area contributed by atoms with Gasteiger partial charge in [0.2, 0.25) is 0 Å². The minimum atomic E-state index is -0.403. The maximum Gasteiger partial charge on any atom is 0.330 e. The van der Waals surface area contributed by atoms with E-state index >= 15 is 0 Å². The molecule has 0 saturated carbocycles. The first kappa shape index (κ1) is 18.0. The second kappa shape index (κ2) is 7.04. The standard InChI is InChI=1S/C20H25NO3/c1-13-10-15-14(2)12-20(3,4)21-19(15)16(11-13)17(22)8-6-7-9-18(23)24-5/h7,9-12,21H,6,8H2,1-5H3/b9-7+. The fourth-order valence-electron chi connectivity index (χ4n) is 3.03. The van der Waals surface area contributed by atoms with Crippen molar-refractivity contribution in [3.8, 4) is 0 Å². The van der Waals surface area contributed by atoms with Crippen LogP contribution in [0.1, 0.15) is 55.1 Å². The first-order valence-electron chi connectivity index (χ1n) is 8.14. The molecule has 1 aliphatic rings. The molecule has 0 bridgehead atoms. The number of methoxy groups -OCH3 is 1. The predicted molar refractivity (Wildman–Crippen MR) is 97.3 cm³/mol. The van der Waals surface area contributed by atoms with Crippen molar-refractivity contribution in [2.24, 2.45) is 0 Å². The summed E-state index contributed by atoms with van der Waals surface area (Å²) in [6, 6.07) is 4.05. The molecule has 1 heterocycles. The summed E-state index contributed by atoms with van der Waals surface area (Å²) in [4.78, 5) is 23.8. The highest BCUT2D eigenvalue weighted by molar-refractivity contribution is 6.04. The van der Waals surface area contributed by atoms with Crippen molar-refractivity contribution < 1.29 is 14.3 Å². The van der Waals surface area contributed by atoms with Gasteiger partial charge in [-0.05, 0) is 57.4 Å². The molecule has 1 aromatic rings. The number of esters is 1. The van der Waals surface area contributed by atoms with Gasteiger partial charge in [-0.2, -0.15) is 0 Å². The summed E-state index contributed by atoms with van der Waals surface area (Å²) in [6.07, 6.45) is 6.08. The molecule has 128 valence electrons. The number of carbonyl (C=O) groups excluding carboxylic acids is 2. The molecule has 0 amide bonds. The SMILES string of the molecule is COC(=O)/C=C/CCC(=O)c1cc(C)cc2c1NC(C)(C)C=C2C. The number of rotatable bonds is 5. The van der Waals surface area contributed by atoms with Gasteiger partial charge in [-0.1, -0.05) is 12.2 Å². The van der Waals surface area contributed by atoms with Gasteiger partial charge in [-0.25, -0.2) is 4.79 Å². The zero-order valence-electron chi connectivity index (χ0n) is 15.0. The smallest absolute Gasteiger partial charge is 0.330 e.